The van der Waals surface area contributed by atoms with E-state index in [2.05, 4.69) is 39.9 Å². The number of aryl methyl sites for hydroxylation is 2. The molecule has 0 aliphatic heterocycles. The van der Waals surface area contributed by atoms with Crippen LogP contribution >= 0.6 is 0 Å². The molecule has 18 heavy (non-hydrogen) atoms. The van der Waals surface area contributed by atoms with Gasteiger partial charge in [-0.2, -0.15) is 0 Å². The highest BCUT2D eigenvalue weighted by molar-refractivity contribution is 5.34. The highest BCUT2D eigenvalue weighted by Gasteiger charge is 2.19. The minimum Gasteiger partial charge on any atom is -0.466 e. The Labute approximate surface area is 112 Å². The van der Waals surface area contributed by atoms with Gasteiger partial charge in [0.05, 0.1) is 0 Å². The van der Waals surface area contributed by atoms with Gasteiger partial charge in [0.15, 0.2) is 0 Å². The molecule has 0 amide bonds. The molecule has 1 atom stereocenters. The zero-order valence-electron chi connectivity index (χ0n) is 12.7. The highest BCUT2D eigenvalue weighted by Crippen LogP contribution is 2.30. The second-order valence-electron chi connectivity index (χ2n) is 5.21. The summed E-state index contributed by atoms with van der Waals surface area (Å²) in [6, 6.07) is 0.462. The molecular weight excluding hydrogens is 222 g/mol. The molecule has 0 spiro atoms. The monoisotopic (exact) mass is 251 g/mol. The Morgan fingerprint density at radius 3 is 2.22 bits per heavy atom. The van der Waals surface area contributed by atoms with Gasteiger partial charge >= 0.3 is 0 Å². The van der Waals surface area contributed by atoms with E-state index in [0.717, 1.165) is 18.1 Å². The number of unbranched alkanes of at least 4 members (excludes halogenated alkanes) is 3. The van der Waals surface area contributed by atoms with Crippen LogP contribution in [0.15, 0.2) is 4.42 Å². The maximum Gasteiger partial charge on any atom is 0.106 e. The molecule has 1 unspecified atom stereocenters. The van der Waals surface area contributed by atoms with Crippen molar-refractivity contribution in [2.45, 2.75) is 72.8 Å². The number of furan rings is 1. The van der Waals surface area contributed by atoms with Crippen molar-refractivity contribution in [3.63, 3.8) is 0 Å². The van der Waals surface area contributed by atoms with E-state index >= 15 is 0 Å². The number of hydrogen-bond donors (Lipinski definition) is 1. The molecule has 0 saturated carbocycles. The van der Waals surface area contributed by atoms with Crippen molar-refractivity contribution in [1.29, 1.82) is 0 Å². The summed E-state index contributed by atoms with van der Waals surface area (Å²) in [6.45, 7) is 11.8. The predicted octanol–water partition coefficient (Wildman–Crippen LogP) is 4.83. The van der Waals surface area contributed by atoms with Gasteiger partial charge in [-0.3, -0.25) is 0 Å². The average molecular weight is 251 g/mol. The van der Waals surface area contributed by atoms with Gasteiger partial charge in [0, 0.05) is 11.6 Å². The third kappa shape index (κ3) is 3.88. The van der Waals surface area contributed by atoms with E-state index in [4.69, 9.17) is 4.42 Å². The highest BCUT2D eigenvalue weighted by atomic mass is 16.3. The maximum absolute atomic E-state index is 5.76. The summed E-state index contributed by atoms with van der Waals surface area (Å²) in [5.74, 6) is 2.16. The van der Waals surface area contributed by atoms with Crippen molar-refractivity contribution in [1.82, 2.24) is 5.32 Å². The zero-order valence-corrected chi connectivity index (χ0v) is 12.7. The first-order chi connectivity index (χ1) is 8.61. The Morgan fingerprint density at radius 2 is 1.72 bits per heavy atom. The largest absolute Gasteiger partial charge is 0.466 e. The van der Waals surface area contributed by atoms with Crippen LogP contribution in [0, 0.1) is 20.8 Å². The first kappa shape index (κ1) is 15.3. The molecule has 104 valence electrons. The third-order valence-corrected chi connectivity index (χ3v) is 3.76. The molecule has 0 bridgehead atoms. The Hall–Kier alpha value is -0.760. The Kier molecular flexibility index (Phi) is 6.48. The summed E-state index contributed by atoms with van der Waals surface area (Å²) in [7, 11) is 0. The summed E-state index contributed by atoms with van der Waals surface area (Å²) >= 11 is 0. The molecule has 0 radical (unpaired) electrons. The third-order valence-electron chi connectivity index (χ3n) is 3.76. The van der Waals surface area contributed by atoms with Crippen molar-refractivity contribution in [2.24, 2.45) is 0 Å². The van der Waals surface area contributed by atoms with Crippen molar-refractivity contribution >= 4 is 0 Å². The zero-order chi connectivity index (χ0) is 13.5. The Morgan fingerprint density at radius 1 is 1.00 bits per heavy atom. The molecule has 1 aromatic heterocycles. The quantitative estimate of drug-likeness (QED) is 0.670. The van der Waals surface area contributed by atoms with Crippen LogP contribution in [0.3, 0.4) is 0 Å². The van der Waals surface area contributed by atoms with Crippen LogP contribution in [0.5, 0.6) is 0 Å². The van der Waals surface area contributed by atoms with Crippen LogP contribution < -0.4 is 5.32 Å². The van der Waals surface area contributed by atoms with Gasteiger partial charge in [-0.05, 0) is 39.3 Å². The summed E-state index contributed by atoms with van der Waals surface area (Å²) in [5, 5.41) is 3.61. The van der Waals surface area contributed by atoms with E-state index in [9.17, 15) is 0 Å². The van der Waals surface area contributed by atoms with E-state index in [-0.39, 0.29) is 0 Å². The topological polar surface area (TPSA) is 25.2 Å². The molecule has 0 aromatic carbocycles. The molecule has 0 aliphatic rings. The lowest BCUT2D eigenvalue weighted by atomic mass is 9.96. The molecule has 1 heterocycles. The summed E-state index contributed by atoms with van der Waals surface area (Å²) in [5.41, 5.74) is 2.72. The average Bonchev–Trinajstić information content (AvgIpc) is 2.58. The fourth-order valence-electron chi connectivity index (χ4n) is 2.69. The minimum absolute atomic E-state index is 0.462. The molecule has 2 nitrogen and oxygen atoms in total. The number of hydrogen-bond acceptors (Lipinski definition) is 2. The number of nitrogens with one attached hydrogen (secondary N) is 1. The van der Waals surface area contributed by atoms with E-state index in [1.165, 1.54) is 43.2 Å². The molecule has 2 heteroatoms. The summed E-state index contributed by atoms with van der Waals surface area (Å²) in [6.07, 6.45) is 6.51. The molecule has 1 rings (SSSR count). The predicted molar refractivity (Wildman–Crippen MR) is 78.1 cm³/mol. The molecule has 0 fully saturated rings. The SMILES string of the molecule is CCCCCCC(NCC)c1c(C)oc(C)c1C. The van der Waals surface area contributed by atoms with Crippen LogP contribution in [-0.4, -0.2) is 6.54 Å². The fraction of sp³-hybridized carbons (Fsp3) is 0.750. The van der Waals surface area contributed by atoms with Gasteiger partial charge in [0.25, 0.3) is 0 Å². The Bertz CT molecular complexity index is 354. The van der Waals surface area contributed by atoms with Crippen LogP contribution in [-0.2, 0) is 0 Å². The van der Waals surface area contributed by atoms with Crippen molar-refractivity contribution in [2.75, 3.05) is 6.54 Å². The standard InChI is InChI=1S/C16H29NO/c1-6-8-9-10-11-15(17-7-2)16-12(3)13(4)18-14(16)5/h15,17H,6-11H2,1-5H3. The summed E-state index contributed by atoms with van der Waals surface area (Å²) in [4.78, 5) is 0. The van der Waals surface area contributed by atoms with Crippen molar-refractivity contribution in [3.8, 4) is 0 Å². The van der Waals surface area contributed by atoms with E-state index in [1.807, 2.05) is 0 Å². The van der Waals surface area contributed by atoms with E-state index in [0.29, 0.717) is 6.04 Å². The molecule has 1 aromatic rings. The molecule has 1 N–H and O–H groups in total. The van der Waals surface area contributed by atoms with E-state index < -0.39 is 0 Å². The van der Waals surface area contributed by atoms with Crippen LogP contribution in [0.2, 0.25) is 0 Å². The normalized spacial score (nSPS) is 12.9. The van der Waals surface area contributed by atoms with Crippen LogP contribution in [0.4, 0.5) is 0 Å². The first-order valence-electron chi connectivity index (χ1n) is 7.41. The second kappa shape index (κ2) is 7.63. The lowest BCUT2D eigenvalue weighted by Gasteiger charge is -2.18. The maximum atomic E-state index is 5.76. The van der Waals surface area contributed by atoms with Gasteiger partial charge in [-0.25, -0.2) is 0 Å². The van der Waals surface area contributed by atoms with Gasteiger partial charge in [-0.1, -0.05) is 39.5 Å². The number of rotatable bonds is 8. The molecular formula is C16H29NO. The van der Waals surface area contributed by atoms with Gasteiger partial charge in [0.1, 0.15) is 11.5 Å². The van der Waals surface area contributed by atoms with E-state index in [1.54, 1.807) is 0 Å². The Balaban J connectivity index is 2.71. The minimum atomic E-state index is 0.462. The molecule has 0 aliphatic carbocycles. The second-order valence-corrected chi connectivity index (χ2v) is 5.21. The van der Waals surface area contributed by atoms with Gasteiger partial charge < -0.3 is 9.73 Å². The first-order valence-corrected chi connectivity index (χ1v) is 7.41. The van der Waals surface area contributed by atoms with Gasteiger partial charge in [0.2, 0.25) is 0 Å². The van der Waals surface area contributed by atoms with Gasteiger partial charge in [-0.15, -0.1) is 0 Å². The summed E-state index contributed by atoms with van der Waals surface area (Å²) < 4.78 is 5.76. The lowest BCUT2D eigenvalue weighted by molar-refractivity contribution is 0.459. The van der Waals surface area contributed by atoms with Crippen LogP contribution in [0.1, 0.15) is 74.6 Å². The fourth-order valence-corrected chi connectivity index (χ4v) is 2.69. The molecule has 0 saturated heterocycles. The van der Waals surface area contributed by atoms with Crippen LogP contribution in [0.25, 0.3) is 0 Å². The van der Waals surface area contributed by atoms with Crippen molar-refractivity contribution in [3.05, 3.63) is 22.6 Å². The van der Waals surface area contributed by atoms with Crippen molar-refractivity contribution < 1.29 is 4.42 Å². The lowest BCUT2D eigenvalue weighted by Crippen LogP contribution is -2.21. The smallest absolute Gasteiger partial charge is 0.106 e.